The first kappa shape index (κ1) is 24.0. The molecule has 0 saturated carbocycles. The Balaban J connectivity index is 1.47. The molecule has 4 rings (SSSR count). The molecule has 0 unspecified atom stereocenters. The molecule has 0 atom stereocenters. The van der Waals surface area contributed by atoms with Crippen LogP contribution in [0.3, 0.4) is 0 Å². The van der Waals surface area contributed by atoms with Crippen molar-refractivity contribution in [3.63, 3.8) is 0 Å². The van der Waals surface area contributed by atoms with Gasteiger partial charge >= 0.3 is 0 Å². The number of amides is 1. The quantitative estimate of drug-likeness (QED) is 0.656. The minimum absolute atomic E-state index is 0.0265. The Hall–Kier alpha value is -2.13. The number of halogens is 1. The molecule has 0 aromatic heterocycles. The molecule has 2 N–H and O–H groups in total. The minimum atomic E-state index is -3.77. The van der Waals surface area contributed by atoms with Crippen LogP contribution >= 0.6 is 11.6 Å². The van der Waals surface area contributed by atoms with Gasteiger partial charge in [0, 0.05) is 43.1 Å². The summed E-state index contributed by atoms with van der Waals surface area (Å²) in [5, 5.41) is 12.6. The van der Waals surface area contributed by atoms with E-state index in [0.29, 0.717) is 18.8 Å². The fourth-order valence-electron chi connectivity index (χ4n) is 4.35. The molecule has 2 aromatic rings. The van der Waals surface area contributed by atoms with Gasteiger partial charge in [0.25, 0.3) is 5.91 Å². The van der Waals surface area contributed by atoms with E-state index in [0.717, 1.165) is 57.3 Å². The topological polar surface area (TPSA) is 90.0 Å². The van der Waals surface area contributed by atoms with Gasteiger partial charge in [0.1, 0.15) is 4.90 Å². The molecule has 1 amide bonds. The lowest BCUT2D eigenvalue weighted by Gasteiger charge is -2.31. The van der Waals surface area contributed by atoms with Gasteiger partial charge in [-0.2, -0.15) is 4.31 Å². The smallest absolute Gasteiger partial charge is 0.255 e. The van der Waals surface area contributed by atoms with Gasteiger partial charge in [0.05, 0.1) is 11.1 Å². The van der Waals surface area contributed by atoms with E-state index in [2.05, 4.69) is 10.2 Å². The molecule has 0 radical (unpaired) electrons. The second-order valence-corrected chi connectivity index (χ2v) is 11.0. The van der Waals surface area contributed by atoms with Crippen LogP contribution in [0.5, 0.6) is 0 Å². The third kappa shape index (κ3) is 5.69. The maximum atomic E-state index is 13.2. The lowest BCUT2D eigenvalue weighted by Crippen LogP contribution is -2.35. The van der Waals surface area contributed by atoms with Gasteiger partial charge in [-0.15, -0.1) is 0 Å². The van der Waals surface area contributed by atoms with Crippen LogP contribution in [0.2, 0.25) is 5.02 Å². The molecule has 2 fully saturated rings. The van der Waals surface area contributed by atoms with Gasteiger partial charge in [-0.25, -0.2) is 8.42 Å². The fourth-order valence-corrected chi connectivity index (χ4v) is 6.36. The van der Waals surface area contributed by atoms with Crippen LogP contribution in [-0.2, 0) is 10.0 Å². The van der Waals surface area contributed by atoms with E-state index in [9.17, 15) is 18.3 Å². The summed E-state index contributed by atoms with van der Waals surface area (Å²) < 4.78 is 27.9. The number of rotatable bonds is 5. The number of piperidine rings is 1. The van der Waals surface area contributed by atoms with E-state index in [1.165, 1.54) is 22.5 Å². The molecule has 2 saturated heterocycles. The molecule has 33 heavy (non-hydrogen) atoms. The monoisotopic (exact) mass is 491 g/mol. The van der Waals surface area contributed by atoms with E-state index >= 15 is 0 Å². The molecule has 2 heterocycles. The number of benzene rings is 2. The van der Waals surface area contributed by atoms with Gasteiger partial charge in [-0.1, -0.05) is 24.4 Å². The molecule has 178 valence electrons. The van der Waals surface area contributed by atoms with Gasteiger partial charge in [-0.05, 0) is 68.1 Å². The zero-order valence-corrected chi connectivity index (χ0v) is 20.1. The Labute approximate surface area is 200 Å². The van der Waals surface area contributed by atoms with Crippen molar-refractivity contribution < 1.29 is 18.3 Å². The molecule has 2 aliphatic heterocycles. The number of aliphatic hydroxyl groups excluding tert-OH is 1. The number of anilines is 2. The Morgan fingerprint density at radius 1 is 0.939 bits per heavy atom. The van der Waals surface area contributed by atoms with Crippen LogP contribution in [0, 0.1) is 0 Å². The summed E-state index contributed by atoms with van der Waals surface area (Å²) in [6.07, 6.45) is 4.94. The minimum Gasteiger partial charge on any atom is -0.393 e. The highest BCUT2D eigenvalue weighted by molar-refractivity contribution is 7.89. The summed E-state index contributed by atoms with van der Waals surface area (Å²) in [7, 11) is -3.77. The molecular weight excluding hydrogens is 462 g/mol. The Kier molecular flexibility index (Phi) is 7.58. The number of nitrogens with zero attached hydrogens (tertiary/aromatic N) is 2. The molecular formula is C24H30ClN3O4S. The van der Waals surface area contributed by atoms with Gasteiger partial charge < -0.3 is 15.3 Å². The maximum Gasteiger partial charge on any atom is 0.255 e. The molecule has 0 spiro atoms. The first-order valence-corrected chi connectivity index (χ1v) is 13.3. The van der Waals surface area contributed by atoms with Crippen molar-refractivity contribution in [3.8, 4) is 0 Å². The van der Waals surface area contributed by atoms with Crippen molar-refractivity contribution in [1.82, 2.24) is 4.31 Å². The number of hydrogen-bond donors (Lipinski definition) is 2. The maximum absolute atomic E-state index is 13.2. The van der Waals surface area contributed by atoms with E-state index in [-0.39, 0.29) is 21.6 Å². The Bertz CT molecular complexity index is 1080. The first-order valence-electron chi connectivity index (χ1n) is 11.5. The molecule has 7 nitrogen and oxygen atoms in total. The number of nitrogens with one attached hydrogen (secondary N) is 1. The number of hydrogen-bond acceptors (Lipinski definition) is 5. The molecule has 0 bridgehead atoms. The lowest BCUT2D eigenvalue weighted by atomic mass is 10.1. The third-order valence-electron chi connectivity index (χ3n) is 6.33. The summed E-state index contributed by atoms with van der Waals surface area (Å²) in [6, 6.07) is 11.9. The van der Waals surface area contributed by atoms with E-state index in [1.54, 1.807) is 0 Å². The fraction of sp³-hybridized carbons (Fsp3) is 0.458. The molecule has 2 aliphatic rings. The summed E-state index contributed by atoms with van der Waals surface area (Å²) in [5.41, 5.74) is 1.90. The van der Waals surface area contributed by atoms with Gasteiger partial charge in [-0.3, -0.25) is 4.79 Å². The summed E-state index contributed by atoms with van der Waals surface area (Å²) in [6.45, 7) is 2.53. The number of carbonyl (C=O) groups is 1. The predicted molar refractivity (Wildman–Crippen MR) is 131 cm³/mol. The second-order valence-electron chi connectivity index (χ2n) is 8.68. The summed E-state index contributed by atoms with van der Waals surface area (Å²) >= 11 is 6.25. The SMILES string of the molecule is O=C(Nc1ccc(N2CCC(O)CC2)cc1)c1ccc(Cl)c(S(=O)(=O)N2CCCCCC2)c1. The van der Waals surface area contributed by atoms with Crippen LogP contribution in [0.15, 0.2) is 47.4 Å². The normalized spacial score (nSPS) is 18.7. The van der Waals surface area contributed by atoms with Crippen LogP contribution < -0.4 is 10.2 Å². The lowest BCUT2D eigenvalue weighted by molar-refractivity contribution is 0.102. The van der Waals surface area contributed by atoms with Crippen LogP contribution in [0.25, 0.3) is 0 Å². The Morgan fingerprint density at radius 2 is 1.58 bits per heavy atom. The number of sulfonamides is 1. The van der Waals surface area contributed by atoms with Crippen molar-refractivity contribution >= 4 is 38.9 Å². The zero-order chi connectivity index (χ0) is 23.4. The zero-order valence-electron chi connectivity index (χ0n) is 18.5. The largest absolute Gasteiger partial charge is 0.393 e. The predicted octanol–water partition coefficient (Wildman–Crippen LogP) is 4.12. The van der Waals surface area contributed by atoms with Crippen LogP contribution in [-0.4, -0.2) is 56.0 Å². The average molecular weight is 492 g/mol. The second kappa shape index (κ2) is 10.4. The molecule has 9 heteroatoms. The average Bonchev–Trinajstić information content (AvgIpc) is 3.11. The molecule has 0 aliphatic carbocycles. The van der Waals surface area contributed by atoms with Crippen molar-refractivity contribution in [3.05, 3.63) is 53.1 Å². The highest BCUT2D eigenvalue weighted by Gasteiger charge is 2.28. The standard InChI is InChI=1S/C24H30ClN3O4S/c25-22-10-5-18(17-23(22)33(31,32)28-13-3-1-2-4-14-28)24(30)26-19-6-8-20(9-7-19)27-15-11-21(29)12-16-27/h5-10,17,21,29H,1-4,11-16H2,(H,26,30). The van der Waals surface area contributed by atoms with Gasteiger partial charge in [0.2, 0.25) is 10.0 Å². The van der Waals surface area contributed by atoms with Crippen molar-refractivity contribution in [2.24, 2.45) is 0 Å². The van der Waals surface area contributed by atoms with E-state index < -0.39 is 15.9 Å². The van der Waals surface area contributed by atoms with E-state index in [4.69, 9.17) is 11.6 Å². The number of carbonyl (C=O) groups excluding carboxylic acids is 1. The van der Waals surface area contributed by atoms with Crippen molar-refractivity contribution in [1.29, 1.82) is 0 Å². The number of aliphatic hydroxyl groups is 1. The third-order valence-corrected chi connectivity index (χ3v) is 8.71. The summed E-state index contributed by atoms with van der Waals surface area (Å²) in [5.74, 6) is -0.396. The highest BCUT2D eigenvalue weighted by atomic mass is 35.5. The van der Waals surface area contributed by atoms with Crippen LogP contribution in [0.1, 0.15) is 48.9 Å². The van der Waals surface area contributed by atoms with Gasteiger partial charge in [0.15, 0.2) is 0 Å². The first-order chi connectivity index (χ1) is 15.8. The Morgan fingerprint density at radius 3 is 2.21 bits per heavy atom. The van der Waals surface area contributed by atoms with Crippen molar-refractivity contribution in [2.45, 2.75) is 49.5 Å². The molecule has 2 aromatic carbocycles. The highest BCUT2D eigenvalue weighted by Crippen LogP contribution is 2.28. The summed E-state index contributed by atoms with van der Waals surface area (Å²) in [4.78, 5) is 15.0. The van der Waals surface area contributed by atoms with Crippen molar-refractivity contribution in [2.75, 3.05) is 36.4 Å². The van der Waals surface area contributed by atoms with Crippen LogP contribution in [0.4, 0.5) is 11.4 Å². The van der Waals surface area contributed by atoms with E-state index in [1.807, 2.05) is 24.3 Å².